The highest BCUT2D eigenvalue weighted by molar-refractivity contribution is 5.47. The molecule has 0 unspecified atom stereocenters. The average molecular weight is 293 g/mol. The van der Waals surface area contributed by atoms with E-state index in [4.69, 9.17) is 4.74 Å². The van der Waals surface area contributed by atoms with Crippen LogP contribution < -0.4 is 5.32 Å². The highest BCUT2D eigenvalue weighted by atomic mass is 19.4. The van der Waals surface area contributed by atoms with E-state index in [1.165, 1.54) is 6.07 Å². The van der Waals surface area contributed by atoms with Gasteiger partial charge in [0.2, 0.25) is 0 Å². The van der Waals surface area contributed by atoms with Crippen LogP contribution in [-0.2, 0) is 10.9 Å². The first kappa shape index (κ1) is 16.8. The van der Waals surface area contributed by atoms with E-state index in [2.05, 4.69) is 19.2 Å². The highest BCUT2D eigenvalue weighted by Crippen LogP contribution is 2.32. The van der Waals surface area contributed by atoms with Crippen molar-refractivity contribution in [3.63, 3.8) is 0 Å². The van der Waals surface area contributed by atoms with Gasteiger partial charge in [-0.2, -0.15) is 13.2 Å². The predicted octanol–water partition coefficient (Wildman–Crippen LogP) is 4.32. The Kier molecular flexibility index (Phi) is 6.26. The summed E-state index contributed by atoms with van der Waals surface area (Å²) in [5.74, 6) is -0.717. The van der Waals surface area contributed by atoms with E-state index < -0.39 is 17.6 Å². The molecule has 0 atom stereocenters. The maximum Gasteiger partial charge on any atom is 0.419 e. The Bertz CT molecular complexity index is 418. The lowest BCUT2D eigenvalue weighted by Crippen LogP contribution is -2.13. The smallest absolute Gasteiger partial charge is 0.383 e. The molecular formula is C14H19F4NO. The first-order chi connectivity index (χ1) is 9.30. The van der Waals surface area contributed by atoms with Crippen LogP contribution in [0.25, 0.3) is 0 Å². The van der Waals surface area contributed by atoms with E-state index in [0.29, 0.717) is 25.7 Å². The molecule has 0 aliphatic rings. The molecule has 6 heteroatoms. The fraction of sp³-hybridized carbons (Fsp3) is 0.571. The standard InChI is InChI=1S/C14H19F4NO/c1-10(2)5-7-20-8-6-19-11-3-4-13(15)12(9-11)14(16,17)18/h3-4,9-10,19H,5-8H2,1-2H3. The van der Waals surface area contributed by atoms with Crippen molar-refractivity contribution in [2.75, 3.05) is 25.1 Å². The quantitative estimate of drug-likeness (QED) is 0.597. The van der Waals surface area contributed by atoms with Crippen LogP contribution in [0.4, 0.5) is 23.2 Å². The molecule has 0 saturated carbocycles. The van der Waals surface area contributed by atoms with E-state index in [9.17, 15) is 17.6 Å². The summed E-state index contributed by atoms with van der Waals surface area (Å²) < 4.78 is 55.9. The molecule has 0 aliphatic heterocycles. The predicted molar refractivity (Wildman–Crippen MR) is 70.2 cm³/mol. The van der Waals surface area contributed by atoms with Crippen molar-refractivity contribution in [1.82, 2.24) is 0 Å². The third kappa shape index (κ3) is 5.77. The third-order valence-corrected chi connectivity index (χ3v) is 2.69. The summed E-state index contributed by atoms with van der Waals surface area (Å²) in [4.78, 5) is 0. The first-order valence-electron chi connectivity index (χ1n) is 6.49. The Morgan fingerprint density at radius 2 is 1.90 bits per heavy atom. The summed E-state index contributed by atoms with van der Waals surface area (Å²) in [7, 11) is 0. The number of alkyl halides is 3. The second-order valence-electron chi connectivity index (χ2n) is 4.91. The van der Waals surface area contributed by atoms with Gasteiger partial charge in [-0.1, -0.05) is 13.8 Å². The molecule has 0 spiro atoms. The number of rotatable bonds is 7. The summed E-state index contributed by atoms with van der Waals surface area (Å²) in [5.41, 5.74) is -1.03. The number of benzene rings is 1. The first-order valence-corrected chi connectivity index (χ1v) is 6.49. The molecule has 20 heavy (non-hydrogen) atoms. The van der Waals surface area contributed by atoms with Crippen molar-refractivity contribution in [3.05, 3.63) is 29.6 Å². The number of hydrogen-bond acceptors (Lipinski definition) is 2. The molecule has 1 rings (SSSR count). The molecule has 0 aliphatic carbocycles. The Morgan fingerprint density at radius 3 is 2.50 bits per heavy atom. The van der Waals surface area contributed by atoms with E-state index >= 15 is 0 Å². The van der Waals surface area contributed by atoms with Gasteiger partial charge in [0.05, 0.1) is 12.2 Å². The van der Waals surface area contributed by atoms with Crippen LogP contribution in [-0.4, -0.2) is 19.8 Å². The molecule has 0 radical (unpaired) electrons. The number of nitrogens with one attached hydrogen (secondary N) is 1. The van der Waals surface area contributed by atoms with Crippen LogP contribution in [0.5, 0.6) is 0 Å². The van der Waals surface area contributed by atoms with Gasteiger partial charge >= 0.3 is 6.18 Å². The maximum absolute atomic E-state index is 13.1. The number of ether oxygens (including phenoxy) is 1. The monoisotopic (exact) mass is 293 g/mol. The third-order valence-electron chi connectivity index (χ3n) is 2.69. The molecule has 0 bridgehead atoms. The average Bonchev–Trinajstić information content (AvgIpc) is 2.33. The molecule has 0 heterocycles. The van der Waals surface area contributed by atoms with E-state index in [0.717, 1.165) is 18.6 Å². The van der Waals surface area contributed by atoms with Gasteiger partial charge in [0, 0.05) is 18.8 Å². The van der Waals surface area contributed by atoms with Gasteiger partial charge in [-0.3, -0.25) is 0 Å². The largest absolute Gasteiger partial charge is 0.419 e. The van der Waals surface area contributed by atoms with Crippen LogP contribution in [0.3, 0.4) is 0 Å². The van der Waals surface area contributed by atoms with Crippen molar-refractivity contribution in [3.8, 4) is 0 Å². The summed E-state index contributed by atoms with van der Waals surface area (Å²) in [6, 6.07) is 2.85. The minimum atomic E-state index is -4.68. The number of anilines is 1. The molecular weight excluding hydrogens is 274 g/mol. The van der Waals surface area contributed by atoms with Crippen molar-refractivity contribution in [1.29, 1.82) is 0 Å². The van der Waals surface area contributed by atoms with Gasteiger partial charge < -0.3 is 10.1 Å². The van der Waals surface area contributed by atoms with Crippen LogP contribution >= 0.6 is 0 Å². The Hall–Kier alpha value is -1.30. The lowest BCUT2D eigenvalue weighted by Gasteiger charge is -2.12. The van der Waals surface area contributed by atoms with Crippen LogP contribution in [0.15, 0.2) is 18.2 Å². The summed E-state index contributed by atoms with van der Waals surface area (Å²) in [6.45, 7) is 5.56. The number of halogens is 4. The molecule has 2 nitrogen and oxygen atoms in total. The Balaban J connectivity index is 2.41. The van der Waals surface area contributed by atoms with E-state index in [-0.39, 0.29) is 5.69 Å². The van der Waals surface area contributed by atoms with Gasteiger partial charge in [-0.25, -0.2) is 4.39 Å². The zero-order chi connectivity index (χ0) is 15.2. The molecule has 0 fully saturated rings. The zero-order valence-corrected chi connectivity index (χ0v) is 11.6. The topological polar surface area (TPSA) is 21.3 Å². The van der Waals surface area contributed by atoms with Crippen LogP contribution in [0, 0.1) is 11.7 Å². The fourth-order valence-corrected chi connectivity index (χ4v) is 1.54. The van der Waals surface area contributed by atoms with Crippen molar-refractivity contribution >= 4 is 5.69 Å². The van der Waals surface area contributed by atoms with E-state index in [1.807, 2.05) is 0 Å². The second kappa shape index (κ2) is 7.47. The van der Waals surface area contributed by atoms with Gasteiger partial charge in [-0.05, 0) is 30.5 Å². The summed E-state index contributed by atoms with van der Waals surface area (Å²) in [6.07, 6.45) is -3.75. The molecule has 0 aromatic heterocycles. The van der Waals surface area contributed by atoms with Crippen molar-refractivity contribution in [2.24, 2.45) is 5.92 Å². The lowest BCUT2D eigenvalue weighted by atomic mass is 10.1. The van der Waals surface area contributed by atoms with Crippen LogP contribution in [0.1, 0.15) is 25.8 Å². The summed E-state index contributed by atoms with van der Waals surface area (Å²) >= 11 is 0. The lowest BCUT2D eigenvalue weighted by molar-refractivity contribution is -0.139. The van der Waals surface area contributed by atoms with Gasteiger partial charge in [-0.15, -0.1) is 0 Å². The van der Waals surface area contributed by atoms with Crippen LogP contribution in [0.2, 0.25) is 0 Å². The normalized spacial score (nSPS) is 11.9. The van der Waals surface area contributed by atoms with Crippen molar-refractivity contribution < 1.29 is 22.3 Å². The van der Waals surface area contributed by atoms with E-state index in [1.54, 1.807) is 0 Å². The maximum atomic E-state index is 13.1. The fourth-order valence-electron chi connectivity index (χ4n) is 1.54. The molecule has 1 aromatic rings. The van der Waals surface area contributed by atoms with Gasteiger partial charge in [0.25, 0.3) is 0 Å². The Labute approximate surface area is 116 Å². The second-order valence-corrected chi connectivity index (χ2v) is 4.91. The molecule has 114 valence electrons. The zero-order valence-electron chi connectivity index (χ0n) is 11.6. The highest BCUT2D eigenvalue weighted by Gasteiger charge is 2.34. The van der Waals surface area contributed by atoms with Gasteiger partial charge in [0.1, 0.15) is 5.82 Å². The number of hydrogen-bond donors (Lipinski definition) is 1. The minimum absolute atomic E-state index is 0.228. The Morgan fingerprint density at radius 1 is 1.20 bits per heavy atom. The minimum Gasteiger partial charge on any atom is -0.383 e. The molecule has 0 amide bonds. The SMILES string of the molecule is CC(C)CCOCCNc1ccc(F)c(C(F)(F)F)c1. The van der Waals surface area contributed by atoms with Gasteiger partial charge in [0.15, 0.2) is 0 Å². The van der Waals surface area contributed by atoms with Crippen molar-refractivity contribution in [2.45, 2.75) is 26.4 Å². The molecule has 1 N–H and O–H groups in total. The summed E-state index contributed by atoms with van der Waals surface area (Å²) in [5, 5.41) is 2.78. The molecule has 0 saturated heterocycles. The molecule has 1 aromatic carbocycles.